The van der Waals surface area contributed by atoms with Gasteiger partial charge in [-0.05, 0) is 38.8 Å². The van der Waals surface area contributed by atoms with E-state index in [4.69, 9.17) is 11.6 Å². The fourth-order valence-electron chi connectivity index (χ4n) is 4.18. The number of aromatic amines is 1. The molecular weight excluding hydrogens is 422 g/mol. The third kappa shape index (κ3) is 4.40. The molecule has 0 saturated carbocycles. The van der Waals surface area contributed by atoms with E-state index in [9.17, 15) is 0 Å². The Bertz CT molecular complexity index is 1150. The predicted molar refractivity (Wildman–Crippen MR) is 133 cm³/mol. The lowest BCUT2D eigenvalue weighted by molar-refractivity contribution is 0.297. The van der Waals surface area contributed by atoms with Crippen LogP contribution in [0.3, 0.4) is 0 Å². The van der Waals surface area contributed by atoms with Crippen molar-refractivity contribution in [1.82, 2.24) is 25.3 Å². The van der Waals surface area contributed by atoms with Crippen molar-refractivity contribution in [2.24, 2.45) is 10.9 Å². The summed E-state index contributed by atoms with van der Waals surface area (Å²) in [5.41, 5.74) is 4.88. The van der Waals surface area contributed by atoms with Crippen LogP contribution in [0, 0.1) is 26.7 Å². The average molecular weight is 452 g/mol. The number of rotatable bonds is 4. The number of pyridine rings is 1. The number of aromatic nitrogens is 4. The van der Waals surface area contributed by atoms with Crippen molar-refractivity contribution >= 4 is 40.4 Å². The number of allylic oxidation sites excluding steroid dienone is 1. The second-order valence-corrected chi connectivity index (χ2v) is 8.78. The zero-order chi connectivity index (χ0) is 22.8. The van der Waals surface area contributed by atoms with Gasteiger partial charge >= 0.3 is 0 Å². The molecule has 0 aromatic carbocycles. The van der Waals surface area contributed by atoms with E-state index in [1.54, 1.807) is 12.3 Å². The van der Waals surface area contributed by atoms with Gasteiger partial charge in [0, 0.05) is 49.7 Å². The summed E-state index contributed by atoms with van der Waals surface area (Å²) in [7, 11) is 0. The number of nitrogens with zero attached hydrogens (tertiary/aromatic N) is 5. The molecule has 3 aromatic rings. The molecule has 2 unspecified atom stereocenters. The van der Waals surface area contributed by atoms with Crippen LogP contribution < -0.4 is 10.2 Å². The molecule has 0 aliphatic carbocycles. The lowest BCUT2D eigenvalue weighted by Gasteiger charge is -2.29. The van der Waals surface area contributed by atoms with Gasteiger partial charge in [-0.3, -0.25) is 9.98 Å². The third-order valence-corrected chi connectivity index (χ3v) is 6.42. The van der Waals surface area contributed by atoms with Crippen LogP contribution in [0.2, 0.25) is 5.02 Å². The maximum Gasteiger partial charge on any atom is 0.144 e. The lowest BCUT2D eigenvalue weighted by atomic mass is 9.96. The predicted octanol–water partition coefficient (Wildman–Crippen LogP) is 4.48. The first kappa shape index (κ1) is 22.4. The summed E-state index contributed by atoms with van der Waals surface area (Å²) in [5.74, 6) is 2.54. The van der Waals surface area contributed by atoms with Crippen molar-refractivity contribution in [2.45, 2.75) is 40.2 Å². The first-order valence-electron chi connectivity index (χ1n) is 11.0. The van der Waals surface area contributed by atoms with Gasteiger partial charge in [-0.15, -0.1) is 0 Å². The molecule has 0 radical (unpaired) electrons. The number of fused-ring (bicyclic) bond motifs is 2. The van der Waals surface area contributed by atoms with Crippen LogP contribution in [-0.2, 0) is 6.42 Å². The zero-order valence-electron chi connectivity index (χ0n) is 19.1. The Balaban J connectivity index is 0.000000176. The van der Waals surface area contributed by atoms with Crippen molar-refractivity contribution in [2.75, 3.05) is 24.5 Å². The van der Waals surface area contributed by atoms with Crippen molar-refractivity contribution in [1.29, 1.82) is 0 Å². The van der Waals surface area contributed by atoms with E-state index < -0.39 is 0 Å². The molecule has 5 rings (SSSR count). The fraction of sp³-hybridized carbons (Fsp3) is 0.417. The Morgan fingerprint density at radius 1 is 1.28 bits per heavy atom. The first-order chi connectivity index (χ1) is 15.4. The van der Waals surface area contributed by atoms with Crippen molar-refractivity contribution in [3.8, 4) is 0 Å². The molecule has 7 nitrogen and oxygen atoms in total. The van der Waals surface area contributed by atoms with Crippen LogP contribution in [0.25, 0.3) is 11.0 Å². The highest BCUT2D eigenvalue weighted by Crippen LogP contribution is 2.36. The van der Waals surface area contributed by atoms with E-state index in [2.05, 4.69) is 48.6 Å². The van der Waals surface area contributed by atoms with Gasteiger partial charge in [-0.25, -0.2) is 9.97 Å². The Kier molecular flexibility index (Phi) is 6.58. The fourth-order valence-corrected chi connectivity index (χ4v) is 4.54. The second-order valence-electron chi connectivity index (χ2n) is 8.40. The van der Waals surface area contributed by atoms with Gasteiger partial charge in [-0.1, -0.05) is 31.2 Å². The molecule has 2 fully saturated rings. The summed E-state index contributed by atoms with van der Waals surface area (Å²) < 4.78 is 0. The molecule has 0 amide bonds. The number of anilines is 1. The normalized spacial score (nSPS) is 19.6. The molecule has 2 N–H and O–H groups in total. The second kappa shape index (κ2) is 9.38. The highest BCUT2D eigenvalue weighted by atomic mass is 35.5. The van der Waals surface area contributed by atoms with Gasteiger partial charge in [0.1, 0.15) is 17.3 Å². The van der Waals surface area contributed by atoms with Crippen LogP contribution in [0.15, 0.2) is 29.9 Å². The van der Waals surface area contributed by atoms with Crippen molar-refractivity contribution in [3.63, 3.8) is 0 Å². The van der Waals surface area contributed by atoms with E-state index >= 15 is 0 Å². The number of hydrogen-bond donors (Lipinski definition) is 2. The Labute approximate surface area is 194 Å². The van der Waals surface area contributed by atoms with Crippen molar-refractivity contribution in [3.05, 3.63) is 52.7 Å². The number of aliphatic imine (C=N–C) groups is 1. The van der Waals surface area contributed by atoms with E-state index in [1.807, 2.05) is 33.0 Å². The molecule has 3 aromatic heterocycles. The molecule has 32 heavy (non-hydrogen) atoms. The minimum atomic E-state index is 0.615. The van der Waals surface area contributed by atoms with Crippen LogP contribution >= 0.6 is 11.6 Å². The van der Waals surface area contributed by atoms with Gasteiger partial charge in [0.25, 0.3) is 0 Å². The van der Waals surface area contributed by atoms with Crippen LogP contribution in [0.1, 0.15) is 29.7 Å². The van der Waals surface area contributed by atoms with Gasteiger partial charge in [0.05, 0.1) is 21.8 Å². The summed E-state index contributed by atoms with van der Waals surface area (Å²) in [6.45, 7) is 14.7. The summed E-state index contributed by atoms with van der Waals surface area (Å²) in [5, 5.41) is 5.24. The molecule has 0 bridgehead atoms. The Hall–Kier alpha value is -2.77. The molecule has 2 aliphatic heterocycles. The lowest BCUT2D eigenvalue weighted by Crippen LogP contribution is -2.51. The van der Waals surface area contributed by atoms with Gasteiger partial charge in [0.2, 0.25) is 0 Å². The quantitative estimate of drug-likeness (QED) is 0.571. The van der Waals surface area contributed by atoms with E-state index in [1.165, 1.54) is 0 Å². The standard InChI is InChI=1S/C14H18ClN5.C10H12N2/c1-3-9-12(15)11-13(19-9)17-7(2)18-14(11)20-5-8-4-16-10(8)6-20;1-4-5-11-10-6-8(2)7-12-9(10)3/h8,10,16H,3-6H2,1-2H3,(H,17,18,19);4-7H,1H2,2-3H3. The smallest absolute Gasteiger partial charge is 0.144 e. The van der Waals surface area contributed by atoms with E-state index in [0.29, 0.717) is 6.04 Å². The zero-order valence-corrected chi connectivity index (χ0v) is 19.9. The SMILES string of the molecule is C=CC=Nc1cc(C)cnc1C.CCc1[nH]c2nc(C)nc(N3CC4CNC4C3)c2c1Cl. The van der Waals surface area contributed by atoms with Gasteiger partial charge < -0.3 is 15.2 Å². The first-order valence-corrected chi connectivity index (χ1v) is 11.4. The summed E-state index contributed by atoms with van der Waals surface area (Å²) in [6.07, 6.45) is 6.04. The highest BCUT2D eigenvalue weighted by Gasteiger charge is 2.40. The Morgan fingerprint density at radius 3 is 2.72 bits per heavy atom. The summed E-state index contributed by atoms with van der Waals surface area (Å²) >= 11 is 6.53. The molecule has 8 heteroatoms. The maximum absolute atomic E-state index is 6.53. The maximum atomic E-state index is 6.53. The third-order valence-electron chi connectivity index (χ3n) is 6.01. The molecule has 2 aliphatic rings. The monoisotopic (exact) mass is 451 g/mol. The number of hydrogen-bond acceptors (Lipinski definition) is 6. The average Bonchev–Trinajstić information content (AvgIpc) is 3.24. The number of nitrogens with one attached hydrogen (secondary N) is 2. The molecule has 168 valence electrons. The van der Waals surface area contributed by atoms with E-state index in [-0.39, 0.29) is 0 Å². The number of halogens is 1. The number of aryl methyl sites for hydroxylation is 4. The van der Waals surface area contributed by atoms with Gasteiger partial charge in [0.15, 0.2) is 0 Å². The molecule has 5 heterocycles. The summed E-state index contributed by atoms with van der Waals surface area (Å²) in [6, 6.07) is 2.62. The van der Waals surface area contributed by atoms with Crippen LogP contribution in [0.4, 0.5) is 11.5 Å². The number of H-pyrrole nitrogens is 1. The minimum absolute atomic E-state index is 0.615. The van der Waals surface area contributed by atoms with Crippen LogP contribution in [0.5, 0.6) is 0 Å². The summed E-state index contributed by atoms with van der Waals surface area (Å²) in [4.78, 5) is 23.2. The van der Waals surface area contributed by atoms with Crippen molar-refractivity contribution < 1.29 is 0 Å². The highest BCUT2D eigenvalue weighted by molar-refractivity contribution is 6.37. The minimum Gasteiger partial charge on any atom is -0.354 e. The molecule has 2 saturated heterocycles. The molecular formula is C24H30ClN7. The van der Waals surface area contributed by atoms with Gasteiger partial charge in [-0.2, -0.15) is 0 Å². The van der Waals surface area contributed by atoms with Crippen LogP contribution in [-0.4, -0.2) is 51.8 Å². The van der Waals surface area contributed by atoms with E-state index in [0.717, 1.165) is 82.3 Å². The molecule has 0 spiro atoms. The topological polar surface area (TPSA) is 82.1 Å². The molecule has 2 atom stereocenters. The Morgan fingerprint density at radius 2 is 2.09 bits per heavy atom. The largest absolute Gasteiger partial charge is 0.354 e.